The van der Waals surface area contributed by atoms with Crippen LogP contribution in [0.1, 0.15) is 37.0 Å². The minimum Gasteiger partial charge on any atom is -0.370 e. The Labute approximate surface area is 178 Å². The van der Waals surface area contributed by atoms with Crippen LogP contribution in [0.5, 0.6) is 0 Å². The number of benzene rings is 2. The van der Waals surface area contributed by atoms with E-state index in [2.05, 4.69) is 26.0 Å². The number of hydrogen-bond acceptors (Lipinski definition) is 4. The summed E-state index contributed by atoms with van der Waals surface area (Å²) >= 11 is 3.28. The van der Waals surface area contributed by atoms with Gasteiger partial charge in [-0.3, -0.25) is 4.79 Å². The maximum absolute atomic E-state index is 14.5. The van der Waals surface area contributed by atoms with Crippen LogP contribution in [0, 0.1) is 5.82 Å². The number of amides is 1. The summed E-state index contributed by atoms with van der Waals surface area (Å²) in [5.74, 6) is -0.993. The molecular formula is C20H23BrFN3O3S. The number of hydrogen-bond donors (Lipinski definition) is 2. The van der Waals surface area contributed by atoms with Gasteiger partial charge in [-0.25, -0.2) is 17.5 Å². The lowest BCUT2D eigenvalue weighted by Crippen LogP contribution is -2.26. The maximum Gasteiger partial charge on any atom is 0.256 e. The van der Waals surface area contributed by atoms with Gasteiger partial charge in [0.1, 0.15) is 5.82 Å². The lowest BCUT2D eigenvalue weighted by molar-refractivity contribution is 0.102. The molecule has 0 spiro atoms. The first-order valence-corrected chi connectivity index (χ1v) is 11.5. The molecule has 1 saturated carbocycles. The third kappa shape index (κ3) is 5.15. The summed E-state index contributed by atoms with van der Waals surface area (Å²) in [4.78, 5) is 14.5. The van der Waals surface area contributed by atoms with E-state index < -0.39 is 21.7 Å². The highest BCUT2D eigenvalue weighted by Gasteiger charge is 2.28. The molecule has 0 saturated heterocycles. The van der Waals surface area contributed by atoms with Gasteiger partial charge < -0.3 is 10.2 Å². The molecule has 1 aliphatic rings. The second-order valence-electron chi connectivity index (χ2n) is 7.36. The van der Waals surface area contributed by atoms with Crippen LogP contribution in [0.15, 0.2) is 45.8 Å². The van der Waals surface area contributed by atoms with Gasteiger partial charge >= 0.3 is 0 Å². The average Bonchev–Trinajstić information content (AvgIpc) is 3.44. The molecule has 0 bridgehead atoms. The van der Waals surface area contributed by atoms with E-state index in [0.717, 1.165) is 12.8 Å². The van der Waals surface area contributed by atoms with Gasteiger partial charge in [-0.05, 0) is 79.0 Å². The fourth-order valence-electron chi connectivity index (χ4n) is 2.68. The number of sulfonamides is 1. The van der Waals surface area contributed by atoms with Crippen LogP contribution in [0.2, 0.25) is 0 Å². The van der Waals surface area contributed by atoms with Gasteiger partial charge in [-0.2, -0.15) is 0 Å². The summed E-state index contributed by atoms with van der Waals surface area (Å²) in [6.45, 7) is 3.90. The zero-order valence-electron chi connectivity index (χ0n) is 16.4. The van der Waals surface area contributed by atoms with Crippen molar-refractivity contribution in [3.63, 3.8) is 0 Å². The standard InChI is InChI=1S/C20H23BrFN3O3S/c1-12(2)25(3)19-9-6-14(10-18(19)22)23-20(26)16-11-15(7-8-17(16)21)29(27,28)24-13-4-5-13/h6-13,24H,4-5H2,1-3H3,(H,23,26). The summed E-state index contributed by atoms with van der Waals surface area (Å²) in [6.07, 6.45) is 1.63. The van der Waals surface area contributed by atoms with Gasteiger partial charge in [-0.15, -0.1) is 0 Å². The molecule has 3 rings (SSSR count). The van der Waals surface area contributed by atoms with E-state index in [1.54, 1.807) is 24.1 Å². The molecule has 2 N–H and O–H groups in total. The van der Waals surface area contributed by atoms with Gasteiger partial charge in [0.05, 0.1) is 16.1 Å². The van der Waals surface area contributed by atoms with Crippen molar-refractivity contribution in [1.29, 1.82) is 0 Å². The first kappa shape index (κ1) is 21.7. The molecule has 9 heteroatoms. The minimum atomic E-state index is -3.69. The Balaban J connectivity index is 1.82. The summed E-state index contributed by atoms with van der Waals surface area (Å²) in [5, 5.41) is 2.62. The van der Waals surface area contributed by atoms with Crippen LogP contribution < -0.4 is 14.9 Å². The van der Waals surface area contributed by atoms with E-state index >= 15 is 0 Å². The quantitative estimate of drug-likeness (QED) is 0.620. The van der Waals surface area contributed by atoms with Crippen molar-refractivity contribution in [1.82, 2.24) is 4.72 Å². The third-order valence-electron chi connectivity index (χ3n) is 4.75. The topological polar surface area (TPSA) is 78.5 Å². The number of carbonyl (C=O) groups excluding carboxylic acids is 1. The van der Waals surface area contributed by atoms with Crippen LogP contribution in [0.25, 0.3) is 0 Å². The SMILES string of the molecule is CC(C)N(C)c1ccc(NC(=O)c2cc(S(=O)(=O)NC3CC3)ccc2Br)cc1F. The number of halogens is 2. The zero-order chi connectivity index (χ0) is 21.3. The second-order valence-corrected chi connectivity index (χ2v) is 9.93. The van der Waals surface area contributed by atoms with Gasteiger partial charge in [-0.1, -0.05) is 0 Å². The van der Waals surface area contributed by atoms with Crippen LogP contribution >= 0.6 is 15.9 Å². The third-order valence-corrected chi connectivity index (χ3v) is 6.96. The first-order chi connectivity index (χ1) is 13.6. The minimum absolute atomic E-state index is 0.0119. The smallest absolute Gasteiger partial charge is 0.256 e. The molecule has 1 fully saturated rings. The van der Waals surface area contributed by atoms with Crippen molar-refractivity contribution in [2.24, 2.45) is 0 Å². The van der Waals surface area contributed by atoms with Gasteiger partial charge in [0.2, 0.25) is 10.0 Å². The number of rotatable bonds is 7. The second kappa shape index (κ2) is 8.41. The van der Waals surface area contributed by atoms with E-state index in [9.17, 15) is 17.6 Å². The van der Waals surface area contributed by atoms with E-state index in [0.29, 0.717) is 10.2 Å². The van der Waals surface area contributed by atoms with E-state index in [4.69, 9.17) is 0 Å². The van der Waals surface area contributed by atoms with Gasteiger partial charge in [0.25, 0.3) is 5.91 Å². The lowest BCUT2D eigenvalue weighted by atomic mass is 10.2. The molecule has 0 atom stereocenters. The molecule has 6 nitrogen and oxygen atoms in total. The molecule has 1 aliphatic carbocycles. The number of anilines is 2. The summed E-state index contributed by atoms with van der Waals surface area (Å²) < 4.78 is 42.3. The maximum atomic E-state index is 14.5. The molecule has 0 aromatic heterocycles. The highest BCUT2D eigenvalue weighted by molar-refractivity contribution is 9.10. The van der Waals surface area contributed by atoms with Crippen LogP contribution in [0.4, 0.5) is 15.8 Å². The van der Waals surface area contributed by atoms with E-state index in [-0.39, 0.29) is 28.2 Å². The normalized spacial score (nSPS) is 14.1. The summed E-state index contributed by atoms with van der Waals surface area (Å²) in [5.41, 5.74) is 0.857. The Morgan fingerprint density at radius 1 is 1.21 bits per heavy atom. The predicted molar refractivity (Wildman–Crippen MR) is 115 cm³/mol. The molecule has 0 aliphatic heterocycles. The molecule has 0 heterocycles. The predicted octanol–water partition coefficient (Wildman–Crippen LogP) is 4.13. The Morgan fingerprint density at radius 3 is 2.48 bits per heavy atom. The van der Waals surface area contributed by atoms with Crippen molar-refractivity contribution in [2.75, 3.05) is 17.3 Å². The van der Waals surface area contributed by atoms with Crippen molar-refractivity contribution in [3.8, 4) is 0 Å². The molecular weight excluding hydrogens is 461 g/mol. The molecule has 2 aromatic carbocycles. The first-order valence-electron chi connectivity index (χ1n) is 9.24. The van der Waals surface area contributed by atoms with Gasteiger partial charge in [0.15, 0.2) is 0 Å². The van der Waals surface area contributed by atoms with Crippen LogP contribution in [-0.4, -0.2) is 33.5 Å². The molecule has 0 unspecified atom stereocenters. The van der Waals surface area contributed by atoms with Crippen LogP contribution in [-0.2, 0) is 10.0 Å². The highest BCUT2D eigenvalue weighted by Crippen LogP contribution is 2.27. The summed E-state index contributed by atoms with van der Waals surface area (Å²) in [6, 6.07) is 8.79. The van der Waals surface area contributed by atoms with Crippen molar-refractivity contribution in [3.05, 3.63) is 52.3 Å². The lowest BCUT2D eigenvalue weighted by Gasteiger charge is -2.24. The molecule has 156 valence electrons. The fraction of sp³-hybridized carbons (Fsp3) is 0.350. The zero-order valence-corrected chi connectivity index (χ0v) is 18.8. The Morgan fingerprint density at radius 2 is 1.90 bits per heavy atom. The van der Waals surface area contributed by atoms with Crippen molar-refractivity contribution >= 4 is 43.2 Å². The molecule has 29 heavy (non-hydrogen) atoms. The highest BCUT2D eigenvalue weighted by atomic mass is 79.9. The van der Waals surface area contributed by atoms with Crippen molar-refractivity contribution < 1.29 is 17.6 Å². The van der Waals surface area contributed by atoms with Crippen LogP contribution in [0.3, 0.4) is 0 Å². The number of nitrogens with one attached hydrogen (secondary N) is 2. The summed E-state index contributed by atoms with van der Waals surface area (Å²) in [7, 11) is -1.90. The molecule has 1 amide bonds. The number of carbonyl (C=O) groups is 1. The number of nitrogens with zero attached hydrogens (tertiary/aromatic N) is 1. The van der Waals surface area contributed by atoms with Gasteiger partial charge in [0, 0.05) is 29.3 Å². The Bertz CT molecular complexity index is 1040. The van der Waals surface area contributed by atoms with E-state index in [1.807, 2.05) is 13.8 Å². The Hall–Kier alpha value is -1.97. The Kier molecular flexibility index (Phi) is 6.30. The monoisotopic (exact) mass is 483 g/mol. The largest absolute Gasteiger partial charge is 0.370 e. The molecule has 0 radical (unpaired) electrons. The molecule has 2 aromatic rings. The van der Waals surface area contributed by atoms with Crippen molar-refractivity contribution in [2.45, 2.75) is 43.7 Å². The van der Waals surface area contributed by atoms with E-state index in [1.165, 1.54) is 24.3 Å². The fourth-order valence-corrected chi connectivity index (χ4v) is 4.44. The average molecular weight is 484 g/mol.